The Kier molecular flexibility index (Phi) is 5.06. The Morgan fingerprint density at radius 3 is 2.52 bits per heavy atom. The van der Waals surface area contributed by atoms with Crippen molar-refractivity contribution in [1.82, 2.24) is 14.7 Å². The molecular weight excluding hydrogens is 369 g/mol. The first-order valence-corrected chi connectivity index (χ1v) is 11.2. The molecule has 1 aromatic rings. The van der Waals surface area contributed by atoms with Gasteiger partial charge in [0.1, 0.15) is 5.82 Å². The fourth-order valence-electron chi connectivity index (χ4n) is 6.17. The fraction of sp³-hybridized carbons (Fsp3) is 0.652. The molecule has 3 atom stereocenters. The van der Waals surface area contributed by atoms with Crippen LogP contribution in [-0.4, -0.2) is 71.3 Å². The van der Waals surface area contributed by atoms with Crippen LogP contribution in [0.4, 0.5) is 4.39 Å². The van der Waals surface area contributed by atoms with Crippen LogP contribution in [0.3, 0.4) is 0 Å². The zero-order chi connectivity index (χ0) is 20.0. The lowest BCUT2D eigenvalue weighted by Gasteiger charge is -2.51. The van der Waals surface area contributed by atoms with Crippen LogP contribution in [0.5, 0.6) is 0 Å². The van der Waals surface area contributed by atoms with E-state index in [4.69, 9.17) is 0 Å². The van der Waals surface area contributed by atoms with Crippen molar-refractivity contribution in [2.45, 2.75) is 56.5 Å². The van der Waals surface area contributed by atoms with Gasteiger partial charge >= 0.3 is 0 Å². The quantitative estimate of drug-likeness (QED) is 0.785. The first kappa shape index (κ1) is 19.0. The number of fused-ring (bicyclic) bond motifs is 2. The van der Waals surface area contributed by atoms with Crippen LogP contribution >= 0.6 is 0 Å². The Bertz CT molecular complexity index is 775. The Morgan fingerprint density at radius 2 is 1.76 bits per heavy atom. The number of nitrogens with zero attached hydrogens (tertiary/aromatic N) is 3. The Hall–Kier alpha value is -1.95. The second-order valence-corrected chi connectivity index (χ2v) is 9.18. The molecule has 29 heavy (non-hydrogen) atoms. The van der Waals surface area contributed by atoms with Gasteiger partial charge in [0, 0.05) is 31.5 Å². The highest BCUT2D eigenvalue weighted by atomic mass is 19.1. The molecule has 0 radical (unpaired) electrons. The van der Waals surface area contributed by atoms with Gasteiger partial charge in [0.05, 0.1) is 12.6 Å². The van der Waals surface area contributed by atoms with Crippen molar-refractivity contribution in [2.75, 3.05) is 32.7 Å². The van der Waals surface area contributed by atoms with Crippen molar-refractivity contribution in [3.63, 3.8) is 0 Å². The largest absolute Gasteiger partial charge is 0.336 e. The third-order valence-electron chi connectivity index (χ3n) is 7.61. The average Bonchev–Trinajstić information content (AvgIpc) is 3.06. The summed E-state index contributed by atoms with van der Waals surface area (Å²) in [5.41, 5.74) is 1.12. The number of hydrogen-bond acceptors (Lipinski definition) is 3. The summed E-state index contributed by atoms with van der Waals surface area (Å²) in [5.74, 6) is 0.748. The average molecular weight is 400 g/mol. The van der Waals surface area contributed by atoms with Crippen molar-refractivity contribution in [2.24, 2.45) is 5.92 Å². The summed E-state index contributed by atoms with van der Waals surface area (Å²) < 4.78 is 13.5. The van der Waals surface area contributed by atoms with Crippen LogP contribution in [0, 0.1) is 11.7 Å². The van der Waals surface area contributed by atoms with Crippen molar-refractivity contribution >= 4 is 11.8 Å². The molecule has 156 valence electrons. The molecule has 0 aromatic heterocycles. The highest BCUT2D eigenvalue weighted by molar-refractivity contribution is 5.85. The summed E-state index contributed by atoms with van der Waals surface area (Å²) in [5, 5.41) is 0. The molecule has 5 aliphatic heterocycles. The highest BCUT2D eigenvalue weighted by Gasteiger charge is 2.54. The van der Waals surface area contributed by atoms with E-state index in [1.165, 1.54) is 12.1 Å². The minimum Gasteiger partial charge on any atom is -0.336 e. The van der Waals surface area contributed by atoms with Gasteiger partial charge in [-0.15, -0.1) is 0 Å². The molecule has 6 rings (SSSR count). The van der Waals surface area contributed by atoms with E-state index >= 15 is 0 Å². The summed E-state index contributed by atoms with van der Waals surface area (Å²) in [7, 11) is 0. The predicted molar refractivity (Wildman–Crippen MR) is 108 cm³/mol. The van der Waals surface area contributed by atoms with E-state index in [-0.39, 0.29) is 36.1 Å². The fourth-order valence-corrected chi connectivity index (χ4v) is 6.17. The van der Waals surface area contributed by atoms with Gasteiger partial charge in [0.2, 0.25) is 11.8 Å². The molecule has 5 nitrogen and oxygen atoms in total. The zero-order valence-electron chi connectivity index (χ0n) is 16.9. The van der Waals surface area contributed by atoms with Crippen LogP contribution < -0.4 is 0 Å². The predicted octanol–water partition coefficient (Wildman–Crippen LogP) is 2.62. The van der Waals surface area contributed by atoms with Crippen LogP contribution in [-0.2, 0) is 9.59 Å². The number of hydrogen-bond donors (Lipinski definition) is 0. The lowest BCUT2D eigenvalue weighted by Crippen LogP contribution is -2.61. The maximum Gasteiger partial charge on any atom is 0.242 e. The van der Waals surface area contributed by atoms with Crippen molar-refractivity contribution in [3.05, 3.63) is 35.6 Å². The second-order valence-electron chi connectivity index (χ2n) is 9.18. The smallest absolute Gasteiger partial charge is 0.242 e. The summed E-state index contributed by atoms with van der Waals surface area (Å²) >= 11 is 0. The van der Waals surface area contributed by atoms with Gasteiger partial charge in [0.25, 0.3) is 0 Å². The van der Waals surface area contributed by atoms with E-state index in [0.717, 1.165) is 50.8 Å². The molecule has 2 bridgehead atoms. The second kappa shape index (κ2) is 7.71. The third-order valence-corrected chi connectivity index (χ3v) is 7.61. The van der Waals surface area contributed by atoms with Crippen LogP contribution in [0.25, 0.3) is 0 Å². The lowest BCUT2D eigenvalue weighted by atomic mass is 9.75. The van der Waals surface area contributed by atoms with Crippen molar-refractivity contribution in [3.8, 4) is 0 Å². The lowest BCUT2D eigenvalue weighted by molar-refractivity contribution is -0.143. The van der Waals surface area contributed by atoms with Gasteiger partial charge < -0.3 is 9.80 Å². The molecule has 2 amide bonds. The first-order chi connectivity index (χ1) is 14.1. The maximum absolute atomic E-state index is 13.5. The van der Waals surface area contributed by atoms with Gasteiger partial charge in [-0.2, -0.15) is 0 Å². The normalized spacial score (nSPS) is 34.2. The van der Waals surface area contributed by atoms with Crippen molar-refractivity contribution in [1.29, 1.82) is 0 Å². The SMILES string of the molecule is O=C1CCCCCN1CC(=O)N1C[C@H](c2ccc(F)cc2)[C@H]2[C@@H]1C1CCN2CC1. The summed E-state index contributed by atoms with van der Waals surface area (Å²) in [6.07, 6.45) is 5.83. The van der Waals surface area contributed by atoms with Gasteiger partial charge in [-0.05, 0) is 62.4 Å². The van der Waals surface area contributed by atoms with Gasteiger partial charge in [-0.3, -0.25) is 14.5 Å². The van der Waals surface area contributed by atoms with Gasteiger partial charge in [-0.1, -0.05) is 18.6 Å². The van der Waals surface area contributed by atoms with E-state index < -0.39 is 0 Å². The van der Waals surface area contributed by atoms with Gasteiger partial charge in [-0.25, -0.2) is 4.39 Å². The van der Waals surface area contributed by atoms with Crippen LogP contribution in [0.2, 0.25) is 0 Å². The standard InChI is InChI=1S/C23H30FN3O2/c24-18-7-5-16(6-8-18)19-14-27(22-17-9-12-25(13-10-17)23(19)22)21(29)15-26-11-3-1-2-4-20(26)28/h5-8,17,19,22-23H,1-4,9-15H2/t19-,22+,23+/m1/s1. The van der Waals surface area contributed by atoms with E-state index in [1.807, 2.05) is 12.1 Å². The highest BCUT2D eigenvalue weighted by Crippen LogP contribution is 2.46. The van der Waals surface area contributed by atoms with E-state index in [0.29, 0.717) is 31.5 Å². The number of benzene rings is 1. The Morgan fingerprint density at radius 1 is 1.00 bits per heavy atom. The number of likely N-dealkylation sites (tertiary alicyclic amines) is 2. The van der Waals surface area contributed by atoms with Gasteiger partial charge in [0.15, 0.2) is 0 Å². The van der Waals surface area contributed by atoms with E-state index in [1.54, 1.807) is 4.90 Å². The molecule has 0 saturated carbocycles. The summed E-state index contributed by atoms with van der Waals surface area (Å²) in [4.78, 5) is 32.2. The molecule has 5 aliphatic rings. The number of carbonyl (C=O) groups is 2. The summed E-state index contributed by atoms with van der Waals surface area (Å²) in [6, 6.07) is 7.36. The molecule has 0 aliphatic carbocycles. The monoisotopic (exact) mass is 399 g/mol. The number of rotatable bonds is 3. The molecule has 0 spiro atoms. The Labute approximate surface area is 171 Å². The molecule has 0 N–H and O–H groups in total. The molecular formula is C23H30FN3O2. The maximum atomic E-state index is 13.5. The van der Waals surface area contributed by atoms with Crippen LogP contribution in [0.1, 0.15) is 50.0 Å². The van der Waals surface area contributed by atoms with Crippen molar-refractivity contribution < 1.29 is 14.0 Å². The Balaban J connectivity index is 1.39. The summed E-state index contributed by atoms with van der Waals surface area (Å²) in [6.45, 7) is 3.77. The number of halogens is 1. The van der Waals surface area contributed by atoms with E-state index in [9.17, 15) is 14.0 Å². The number of piperidine rings is 3. The minimum atomic E-state index is -0.221. The van der Waals surface area contributed by atoms with Crippen LogP contribution in [0.15, 0.2) is 24.3 Å². The molecule has 1 aromatic carbocycles. The first-order valence-electron chi connectivity index (χ1n) is 11.2. The number of carbonyl (C=O) groups excluding carboxylic acids is 2. The molecule has 5 fully saturated rings. The number of amides is 2. The zero-order valence-corrected chi connectivity index (χ0v) is 16.9. The molecule has 6 heteroatoms. The molecule has 0 unspecified atom stereocenters. The topological polar surface area (TPSA) is 43.9 Å². The molecule has 5 heterocycles. The minimum absolute atomic E-state index is 0.0913. The molecule has 5 saturated heterocycles. The van der Waals surface area contributed by atoms with E-state index in [2.05, 4.69) is 9.80 Å². The third kappa shape index (κ3) is 3.45.